The molecule has 0 saturated heterocycles. The Balaban J connectivity index is 1.87. The molecule has 2 aromatic carbocycles. The summed E-state index contributed by atoms with van der Waals surface area (Å²) in [5, 5.41) is 0. The van der Waals surface area contributed by atoms with E-state index in [1.165, 1.54) is 0 Å². The van der Waals surface area contributed by atoms with Crippen LogP contribution < -0.4 is 4.74 Å². The van der Waals surface area contributed by atoms with Crippen molar-refractivity contribution in [3.8, 4) is 5.75 Å². The highest BCUT2D eigenvalue weighted by molar-refractivity contribution is 7.98. The predicted molar refractivity (Wildman–Crippen MR) is 105 cm³/mol. The van der Waals surface area contributed by atoms with Crippen molar-refractivity contribution in [2.24, 2.45) is 0 Å². The topological polar surface area (TPSA) is 63.7 Å². The van der Waals surface area contributed by atoms with Crippen molar-refractivity contribution in [2.75, 3.05) is 12.0 Å². The summed E-state index contributed by atoms with van der Waals surface area (Å²) in [7, 11) is 0. The zero-order chi connectivity index (χ0) is 19.6. The van der Waals surface area contributed by atoms with E-state index in [1.807, 2.05) is 26.2 Å². The molecule has 5 nitrogen and oxygen atoms in total. The molecule has 0 spiro atoms. The van der Waals surface area contributed by atoms with E-state index in [4.69, 9.17) is 4.74 Å². The summed E-state index contributed by atoms with van der Waals surface area (Å²) in [4.78, 5) is 39.4. The standard InChI is InChI=1S/C21H21NO4S/c1-13-8-9-15(12-14(13)2)26-21(25)18(10-11-27-3)22-19(23)16-6-4-5-7-17(16)20(22)24/h4-9,12,18H,10-11H2,1-3H3/t18-/m0/s1. The third-order valence-electron chi connectivity index (χ3n) is 4.70. The first-order valence-corrected chi connectivity index (χ1v) is 10.1. The summed E-state index contributed by atoms with van der Waals surface area (Å²) >= 11 is 1.55. The lowest BCUT2D eigenvalue weighted by Crippen LogP contribution is -2.47. The normalized spacial score (nSPS) is 14.3. The number of amides is 2. The molecule has 27 heavy (non-hydrogen) atoms. The molecule has 1 atom stereocenters. The Morgan fingerprint density at radius 1 is 1.04 bits per heavy atom. The summed E-state index contributed by atoms with van der Waals surface area (Å²) in [5.74, 6) is -0.451. The van der Waals surface area contributed by atoms with Gasteiger partial charge in [0.15, 0.2) is 0 Å². The molecule has 0 saturated carbocycles. The van der Waals surface area contributed by atoms with Crippen molar-refractivity contribution in [3.05, 3.63) is 64.7 Å². The summed E-state index contributed by atoms with van der Waals surface area (Å²) in [6.07, 6.45) is 2.25. The maximum atomic E-state index is 12.9. The number of rotatable bonds is 6. The SMILES string of the molecule is CSCC[C@@H](C(=O)Oc1ccc(C)c(C)c1)N1C(=O)c2ccccc2C1=O. The highest BCUT2D eigenvalue weighted by atomic mass is 32.2. The third-order valence-corrected chi connectivity index (χ3v) is 5.35. The molecule has 0 bridgehead atoms. The van der Waals surface area contributed by atoms with Crippen molar-refractivity contribution in [3.63, 3.8) is 0 Å². The zero-order valence-electron chi connectivity index (χ0n) is 15.5. The molecule has 2 aromatic rings. The van der Waals surface area contributed by atoms with Crippen LogP contribution in [-0.2, 0) is 4.79 Å². The number of ether oxygens (including phenoxy) is 1. The van der Waals surface area contributed by atoms with Gasteiger partial charge in [-0.2, -0.15) is 11.8 Å². The monoisotopic (exact) mass is 383 g/mol. The molecule has 1 aliphatic rings. The second-order valence-corrected chi connectivity index (χ2v) is 7.48. The number of hydrogen-bond acceptors (Lipinski definition) is 5. The fourth-order valence-electron chi connectivity index (χ4n) is 3.03. The number of carbonyl (C=O) groups excluding carboxylic acids is 3. The van der Waals surface area contributed by atoms with Crippen molar-refractivity contribution < 1.29 is 19.1 Å². The van der Waals surface area contributed by atoms with Crippen molar-refractivity contribution in [1.29, 1.82) is 0 Å². The molecule has 0 N–H and O–H groups in total. The Kier molecular flexibility index (Phi) is 5.65. The molecular formula is C21H21NO4S. The number of esters is 1. The largest absolute Gasteiger partial charge is 0.425 e. The Bertz CT molecular complexity index is 874. The molecule has 140 valence electrons. The first kappa shape index (κ1) is 19.2. The van der Waals surface area contributed by atoms with Gasteiger partial charge in [0.05, 0.1) is 11.1 Å². The summed E-state index contributed by atoms with van der Waals surface area (Å²) < 4.78 is 5.52. The van der Waals surface area contributed by atoms with Crippen LogP contribution >= 0.6 is 11.8 Å². The van der Waals surface area contributed by atoms with Crippen molar-refractivity contribution in [2.45, 2.75) is 26.3 Å². The Morgan fingerprint density at radius 3 is 2.22 bits per heavy atom. The van der Waals surface area contributed by atoms with Crippen LogP contribution in [0, 0.1) is 13.8 Å². The van der Waals surface area contributed by atoms with E-state index in [-0.39, 0.29) is 0 Å². The number of benzene rings is 2. The second-order valence-electron chi connectivity index (χ2n) is 6.49. The Labute approximate surface area is 162 Å². The molecule has 1 heterocycles. The lowest BCUT2D eigenvalue weighted by Gasteiger charge is -2.24. The van der Waals surface area contributed by atoms with Crippen LogP contribution in [0.2, 0.25) is 0 Å². The van der Waals surface area contributed by atoms with Gasteiger partial charge in [0, 0.05) is 0 Å². The quantitative estimate of drug-likeness (QED) is 0.433. The first-order chi connectivity index (χ1) is 12.9. The van der Waals surface area contributed by atoms with Crippen LogP contribution in [-0.4, -0.2) is 40.7 Å². The minimum atomic E-state index is -0.952. The number of thioether (sulfide) groups is 1. The Hall–Kier alpha value is -2.60. The van der Waals surface area contributed by atoms with E-state index in [0.717, 1.165) is 16.0 Å². The van der Waals surface area contributed by atoms with Gasteiger partial charge in [-0.15, -0.1) is 0 Å². The smallest absolute Gasteiger partial charge is 0.334 e. The van der Waals surface area contributed by atoms with E-state index in [1.54, 1.807) is 48.2 Å². The molecule has 0 aliphatic carbocycles. The van der Waals surface area contributed by atoms with Gasteiger partial charge in [-0.1, -0.05) is 18.2 Å². The predicted octanol–water partition coefficient (Wildman–Crippen LogP) is 3.63. The minimum Gasteiger partial charge on any atom is -0.425 e. The third kappa shape index (κ3) is 3.76. The van der Waals surface area contributed by atoms with Crippen LogP contribution in [0.25, 0.3) is 0 Å². The van der Waals surface area contributed by atoms with Crippen LogP contribution in [0.15, 0.2) is 42.5 Å². The van der Waals surface area contributed by atoms with Gasteiger partial charge in [-0.3, -0.25) is 14.5 Å². The van der Waals surface area contributed by atoms with Gasteiger partial charge in [-0.25, -0.2) is 4.79 Å². The molecule has 3 rings (SSSR count). The summed E-state index contributed by atoms with van der Waals surface area (Å²) in [5.41, 5.74) is 2.75. The second kappa shape index (κ2) is 7.96. The van der Waals surface area contributed by atoms with E-state index >= 15 is 0 Å². The van der Waals surface area contributed by atoms with E-state index in [2.05, 4.69) is 0 Å². The molecule has 0 radical (unpaired) electrons. The highest BCUT2D eigenvalue weighted by Crippen LogP contribution is 2.27. The maximum absolute atomic E-state index is 12.9. The minimum absolute atomic E-state index is 0.329. The van der Waals surface area contributed by atoms with Crippen molar-refractivity contribution in [1.82, 2.24) is 4.90 Å². The number of hydrogen-bond donors (Lipinski definition) is 0. The summed E-state index contributed by atoms with van der Waals surface area (Å²) in [6.45, 7) is 3.91. The molecule has 2 amide bonds. The van der Waals surface area contributed by atoms with E-state index in [9.17, 15) is 14.4 Å². The number of aryl methyl sites for hydroxylation is 2. The van der Waals surface area contributed by atoms with Crippen LogP contribution in [0.5, 0.6) is 5.75 Å². The van der Waals surface area contributed by atoms with Crippen LogP contribution in [0.4, 0.5) is 0 Å². The number of nitrogens with zero attached hydrogens (tertiary/aromatic N) is 1. The molecule has 0 fully saturated rings. The fraction of sp³-hybridized carbons (Fsp3) is 0.286. The summed E-state index contributed by atoms with van der Waals surface area (Å²) in [6, 6.07) is 11.0. The number of carbonyl (C=O) groups is 3. The molecule has 0 unspecified atom stereocenters. The Morgan fingerprint density at radius 2 is 1.67 bits per heavy atom. The number of fused-ring (bicyclic) bond motifs is 1. The molecule has 0 aromatic heterocycles. The van der Waals surface area contributed by atoms with Gasteiger partial charge < -0.3 is 4.74 Å². The maximum Gasteiger partial charge on any atom is 0.334 e. The van der Waals surface area contributed by atoms with Gasteiger partial charge in [0.25, 0.3) is 11.8 Å². The lowest BCUT2D eigenvalue weighted by atomic mass is 10.1. The van der Waals surface area contributed by atoms with E-state index < -0.39 is 23.8 Å². The lowest BCUT2D eigenvalue weighted by molar-refractivity contribution is -0.138. The number of imide groups is 1. The average Bonchev–Trinajstić information content (AvgIpc) is 2.90. The van der Waals surface area contributed by atoms with Gasteiger partial charge >= 0.3 is 5.97 Å². The van der Waals surface area contributed by atoms with Crippen molar-refractivity contribution >= 4 is 29.5 Å². The average molecular weight is 383 g/mol. The molecule has 1 aliphatic heterocycles. The highest BCUT2D eigenvalue weighted by Gasteiger charge is 2.43. The van der Waals surface area contributed by atoms with Gasteiger partial charge in [0.2, 0.25) is 0 Å². The van der Waals surface area contributed by atoms with Crippen LogP contribution in [0.1, 0.15) is 38.3 Å². The molecular weight excluding hydrogens is 362 g/mol. The van der Waals surface area contributed by atoms with Gasteiger partial charge in [-0.05, 0) is 67.7 Å². The molecule has 6 heteroatoms. The first-order valence-electron chi connectivity index (χ1n) is 8.69. The van der Waals surface area contributed by atoms with Gasteiger partial charge in [0.1, 0.15) is 11.8 Å². The zero-order valence-corrected chi connectivity index (χ0v) is 16.3. The van der Waals surface area contributed by atoms with Crippen LogP contribution in [0.3, 0.4) is 0 Å². The fourth-order valence-corrected chi connectivity index (χ4v) is 3.49. The van der Waals surface area contributed by atoms with E-state index in [0.29, 0.717) is 29.1 Å².